The summed E-state index contributed by atoms with van der Waals surface area (Å²) in [5, 5.41) is 1.20. The van der Waals surface area contributed by atoms with Crippen LogP contribution < -0.4 is 4.90 Å². The van der Waals surface area contributed by atoms with E-state index >= 15 is 0 Å². The molecule has 0 aliphatic heterocycles. The van der Waals surface area contributed by atoms with Crippen molar-refractivity contribution in [2.75, 3.05) is 4.90 Å². The first-order chi connectivity index (χ1) is 27.3. The van der Waals surface area contributed by atoms with Crippen LogP contribution in [0.4, 0.5) is 17.1 Å². The third kappa shape index (κ3) is 4.88. The van der Waals surface area contributed by atoms with Gasteiger partial charge >= 0.3 is 0 Å². The SMILES string of the molecule is CC1(C)c2ccccc2-c2ccc(N(c3ccc(-c4ccc(-c5ccc6c7c(oc6c5)CCC=C7)cc4)cc3)c3ccc4c(c3)C(C)(C)c3ccccc3-4)cc21. The van der Waals surface area contributed by atoms with Crippen molar-refractivity contribution in [3.05, 3.63) is 191 Å². The molecule has 0 atom stereocenters. The Labute approximate surface area is 329 Å². The first kappa shape index (κ1) is 33.0. The Bertz CT molecular complexity index is 2790. The van der Waals surface area contributed by atoms with Crippen LogP contribution in [0.15, 0.2) is 162 Å². The second-order valence-corrected chi connectivity index (χ2v) is 16.9. The van der Waals surface area contributed by atoms with E-state index in [0.717, 1.165) is 29.9 Å². The highest BCUT2D eigenvalue weighted by Gasteiger charge is 2.37. The number of allylic oxidation sites excluding steroid dienone is 1. The molecule has 2 nitrogen and oxygen atoms in total. The minimum absolute atomic E-state index is 0.0916. The van der Waals surface area contributed by atoms with E-state index < -0.39 is 0 Å². The van der Waals surface area contributed by atoms with E-state index in [1.54, 1.807) is 0 Å². The fraction of sp³-hybridized carbons (Fsp3) is 0.148. The number of rotatable bonds is 5. The van der Waals surface area contributed by atoms with Gasteiger partial charge in [-0.05, 0) is 122 Å². The summed E-state index contributed by atoms with van der Waals surface area (Å²) in [5.74, 6) is 1.10. The molecule has 0 spiro atoms. The number of hydrogen-bond acceptors (Lipinski definition) is 2. The Kier molecular flexibility index (Phi) is 7.11. The molecule has 0 radical (unpaired) electrons. The molecule has 2 heteroatoms. The normalized spacial score (nSPS) is 15.2. The summed E-state index contributed by atoms with van der Waals surface area (Å²) in [4.78, 5) is 2.45. The molecule has 0 N–H and O–H groups in total. The average molecular weight is 722 g/mol. The Morgan fingerprint density at radius 2 is 0.946 bits per heavy atom. The third-order valence-electron chi connectivity index (χ3n) is 13.0. The van der Waals surface area contributed by atoms with Crippen LogP contribution in [-0.2, 0) is 17.3 Å². The highest BCUT2D eigenvalue weighted by molar-refractivity contribution is 5.93. The van der Waals surface area contributed by atoms with Crippen molar-refractivity contribution in [1.29, 1.82) is 0 Å². The second kappa shape index (κ2) is 12.1. The van der Waals surface area contributed by atoms with Gasteiger partial charge in [0.2, 0.25) is 0 Å². The molecule has 11 rings (SSSR count). The van der Waals surface area contributed by atoms with Crippen LogP contribution in [0, 0.1) is 0 Å². The summed E-state index contributed by atoms with van der Waals surface area (Å²) >= 11 is 0. The Morgan fingerprint density at radius 1 is 0.464 bits per heavy atom. The molecule has 0 saturated heterocycles. The van der Waals surface area contributed by atoms with E-state index in [1.807, 2.05) is 0 Å². The maximum absolute atomic E-state index is 6.28. The second-order valence-electron chi connectivity index (χ2n) is 16.9. The van der Waals surface area contributed by atoms with Crippen LogP contribution in [0.25, 0.3) is 61.6 Å². The zero-order valence-electron chi connectivity index (χ0n) is 32.4. The molecule has 1 aromatic heterocycles. The van der Waals surface area contributed by atoms with Crippen LogP contribution in [0.2, 0.25) is 0 Å². The summed E-state index contributed by atoms with van der Waals surface area (Å²) in [5.41, 5.74) is 21.1. The number of hydrogen-bond donors (Lipinski definition) is 0. The standard InChI is InChI=1S/C54H43NO/c1-53(2)47-14-8-5-11-41(47)43-29-26-39(32-49(43)53)55(40-27-30-44-42-12-6-9-15-48(42)54(3,4)50(44)33-40)38-24-21-35(22-25-38)34-17-19-36(20-18-34)37-23-28-46-45-13-7-10-16-51(45)56-52(46)31-37/h5-9,11-15,17-33H,10,16H2,1-4H3. The number of furan rings is 1. The molecule has 0 bridgehead atoms. The lowest BCUT2D eigenvalue weighted by molar-refractivity contribution is 0.546. The summed E-state index contributed by atoms with van der Waals surface area (Å²) in [6, 6.07) is 56.6. The van der Waals surface area contributed by atoms with Crippen molar-refractivity contribution < 1.29 is 4.42 Å². The summed E-state index contributed by atoms with van der Waals surface area (Å²) in [7, 11) is 0. The first-order valence-electron chi connectivity index (χ1n) is 20.0. The van der Waals surface area contributed by atoms with Gasteiger partial charge in [-0.2, -0.15) is 0 Å². The van der Waals surface area contributed by atoms with Crippen molar-refractivity contribution in [3.63, 3.8) is 0 Å². The summed E-state index contributed by atoms with van der Waals surface area (Å²) < 4.78 is 6.28. The predicted octanol–water partition coefficient (Wildman–Crippen LogP) is 14.8. The number of aryl methyl sites for hydroxylation is 1. The first-order valence-corrected chi connectivity index (χ1v) is 20.0. The summed E-state index contributed by atoms with van der Waals surface area (Å²) in [6.07, 6.45) is 6.47. The van der Waals surface area contributed by atoms with Crippen LogP contribution in [0.1, 0.15) is 67.7 Å². The van der Waals surface area contributed by atoms with E-state index in [-0.39, 0.29) is 10.8 Å². The maximum Gasteiger partial charge on any atom is 0.135 e. The number of nitrogens with zero attached hydrogens (tertiary/aromatic N) is 1. The van der Waals surface area contributed by atoms with Gasteiger partial charge in [0.05, 0.1) is 0 Å². The molecule has 0 amide bonds. The van der Waals surface area contributed by atoms with Gasteiger partial charge in [0.25, 0.3) is 0 Å². The van der Waals surface area contributed by atoms with Crippen molar-refractivity contribution in [1.82, 2.24) is 0 Å². The minimum Gasteiger partial charge on any atom is -0.460 e. The topological polar surface area (TPSA) is 16.4 Å². The fourth-order valence-corrected chi connectivity index (χ4v) is 9.90. The molecular weight excluding hydrogens is 679 g/mol. The largest absolute Gasteiger partial charge is 0.460 e. The predicted molar refractivity (Wildman–Crippen MR) is 234 cm³/mol. The van der Waals surface area contributed by atoms with Gasteiger partial charge in [-0.25, -0.2) is 0 Å². The van der Waals surface area contributed by atoms with Gasteiger partial charge < -0.3 is 9.32 Å². The Hall–Kier alpha value is -6.38. The van der Waals surface area contributed by atoms with Crippen LogP contribution in [0.5, 0.6) is 0 Å². The molecule has 270 valence electrons. The molecule has 0 fully saturated rings. The smallest absolute Gasteiger partial charge is 0.135 e. The molecule has 0 saturated carbocycles. The minimum atomic E-state index is -0.0916. The van der Waals surface area contributed by atoms with Gasteiger partial charge in [-0.3, -0.25) is 0 Å². The molecule has 3 aliphatic rings. The van der Waals surface area contributed by atoms with E-state index in [1.165, 1.54) is 89.1 Å². The van der Waals surface area contributed by atoms with E-state index in [0.29, 0.717) is 0 Å². The van der Waals surface area contributed by atoms with Gasteiger partial charge in [0.1, 0.15) is 11.3 Å². The van der Waals surface area contributed by atoms with Crippen LogP contribution in [0.3, 0.4) is 0 Å². The molecule has 8 aromatic rings. The van der Waals surface area contributed by atoms with Crippen LogP contribution in [-0.4, -0.2) is 0 Å². The Morgan fingerprint density at radius 3 is 1.54 bits per heavy atom. The highest BCUT2D eigenvalue weighted by Crippen LogP contribution is 2.53. The fourth-order valence-electron chi connectivity index (χ4n) is 9.90. The molecule has 0 unspecified atom stereocenters. The molecular formula is C54H43NO. The highest BCUT2D eigenvalue weighted by atomic mass is 16.3. The van der Waals surface area contributed by atoms with Crippen molar-refractivity contribution in [3.8, 4) is 44.5 Å². The lowest BCUT2D eigenvalue weighted by Gasteiger charge is -2.30. The average Bonchev–Trinajstić information content (AvgIpc) is 3.80. The molecule has 56 heavy (non-hydrogen) atoms. The Balaban J connectivity index is 0.968. The molecule has 7 aromatic carbocycles. The molecule has 1 heterocycles. The van der Waals surface area contributed by atoms with E-state index in [2.05, 4.69) is 196 Å². The lowest BCUT2D eigenvalue weighted by atomic mass is 9.82. The number of benzene rings is 7. The van der Waals surface area contributed by atoms with Crippen molar-refractivity contribution >= 4 is 34.1 Å². The van der Waals surface area contributed by atoms with Gasteiger partial charge in [-0.1, -0.05) is 143 Å². The van der Waals surface area contributed by atoms with Gasteiger partial charge in [0, 0.05) is 45.3 Å². The van der Waals surface area contributed by atoms with E-state index in [4.69, 9.17) is 4.42 Å². The van der Waals surface area contributed by atoms with E-state index in [9.17, 15) is 0 Å². The zero-order valence-corrected chi connectivity index (χ0v) is 32.4. The lowest BCUT2D eigenvalue weighted by Crippen LogP contribution is -2.18. The third-order valence-corrected chi connectivity index (χ3v) is 13.0. The number of anilines is 3. The van der Waals surface area contributed by atoms with Crippen molar-refractivity contribution in [2.24, 2.45) is 0 Å². The molecule has 3 aliphatic carbocycles. The van der Waals surface area contributed by atoms with Crippen molar-refractivity contribution in [2.45, 2.75) is 51.4 Å². The zero-order chi connectivity index (χ0) is 37.8. The summed E-state index contributed by atoms with van der Waals surface area (Å²) in [6.45, 7) is 9.45. The van der Waals surface area contributed by atoms with Gasteiger partial charge in [0.15, 0.2) is 0 Å². The quantitative estimate of drug-likeness (QED) is 0.176. The monoisotopic (exact) mass is 721 g/mol. The number of fused-ring (bicyclic) bond motifs is 9. The van der Waals surface area contributed by atoms with Gasteiger partial charge in [-0.15, -0.1) is 0 Å². The maximum atomic E-state index is 6.28. The van der Waals surface area contributed by atoms with Crippen LogP contribution >= 0.6 is 0 Å².